The fourth-order valence-corrected chi connectivity index (χ4v) is 3.98. The van der Waals surface area contributed by atoms with E-state index in [0.29, 0.717) is 5.69 Å². The number of nitrogens with one attached hydrogen (secondary N) is 1. The van der Waals surface area contributed by atoms with E-state index in [2.05, 4.69) is 4.98 Å². The molecule has 1 heterocycles. The predicted molar refractivity (Wildman–Crippen MR) is 130 cm³/mol. The van der Waals surface area contributed by atoms with Crippen LogP contribution < -0.4 is 14.4 Å². The fourth-order valence-electron chi connectivity index (χ4n) is 3.18. The van der Waals surface area contributed by atoms with Crippen LogP contribution >= 0.6 is 11.6 Å². The van der Waals surface area contributed by atoms with Crippen LogP contribution in [0.2, 0.25) is 5.02 Å². The minimum atomic E-state index is -5.47. The summed E-state index contributed by atoms with van der Waals surface area (Å²) in [7, 11) is -5.47. The maximum atomic E-state index is 13.1. The zero-order valence-electron chi connectivity index (χ0n) is 19.9. The van der Waals surface area contributed by atoms with Crippen LogP contribution in [0.5, 0.6) is 5.75 Å². The van der Waals surface area contributed by atoms with Crippen LogP contribution in [0.15, 0.2) is 42.7 Å². The second-order valence-electron chi connectivity index (χ2n) is 7.95. The van der Waals surface area contributed by atoms with Crippen LogP contribution in [0.1, 0.15) is 30.6 Å². The molecule has 0 fully saturated rings. The summed E-state index contributed by atoms with van der Waals surface area (Å²) in [5, 5.41) is 9.63. The first-order valence-electron chi connectivity index (χ1n) is 10.9. The van der Waals surface area contributed by atoms with Gasteiger partial charge in [-0.15, -0.1) is 0 Å². The lowest BCUT2D eigenvalue weighted by atomic mass is 10.1. The van der Waals surface area contributed by atoms with Gasteiger partial charge in [-0.3, -0.25) is 14.7 Å². The lowest BCUT2D eigenvalue weighted by Gasteiger charge is -2.27. The first-order chi connectivity index (χ1) is 17.2. The SMILES string of the molecule is CC(C)N(CCCNS(=O)(=O)C(F)(F)F)C(=O)c1cc(Cl)cc(OCCN(C(=O)O)c2ccncc2)c1. The lowest BCUT2D eigenvalue weighted by molar-refractivity contribution is -0.0448. The number of nitrogens with zero attached hydrogens (tertiary/aromatic N) is 3. The van der Waals surface area contributed by atoms with E-state index in [9.17, 15) is 36.3 Å². The van der Waals surface area contributed by atoms with E-state index < -0.39 is 34.1 Å². The number of hydrogen-bond acceptors (Lipinski definition) is 6. The van der Waals surface area contributed by atoms with Gasteiger partial charge in [-0.05, 0) is 50.6 Å². The van der Waals surface area contributed by atoms with Gasteiger partial charge in [0.2, 0.25) is 0 Å². The number of benzene rings is 1. The summed E-state index contributed by atoms with van der Waals surface area (Å²) in [5.41, 5.74) is -4.88. The highest BCUT2D eigenvalue weighted by atomic mass is 35.5. The van der Waals surface area contributed by atoms with E-state index in [1.54, 1.807) is 13.8 Å². The van der Waals surface area contributed by atoms with Gasteiger partial charge in [0.25, 0.3) is 5.91 Å². The normalized spacial score (nSPS) is 11.9. The molecule has 2 rings (SSSR count). The Labute approximate surface area is 217 Å². The van der Waals surface area contributed by atoms with Gasteiger partial charge < -0.3 is 14.7 Å². The number of ether oxygens (including phenoxy) is 1. The molecule has 1 aromatic carbocycles. The standard InChI is InChI=1S/C22H26ClF3N4O6S/c1-15(2)29(9-3-6-28-37(34,35)22(24,25)26)20(31)16-12-17(23)14-19(13-16)36-11-10-30(21(32)33)18-4-7-27-8-5-18/h4-5,7-8,12-15,28H,3,6,9-11H2,1-2H3,(H,32,33). The van der Waals surface area contributed by atoms with Crippen molar-refractivity contribution in [3.05, 3.63) is 53.3 Å². The molecular weight excluding hydrogens is 541 g/mol. The molecule has 0 spiro atoms. The first kappa shape index (κ1) is 30.1. The van der Waals surface area contributed by atoms with Crippen LogP contribution in [-0.2, 0) is 10.0 Å². The van der Waals surface area contributed by atoms with Crippen LogP contribution in [-0.4, -0.2) is 73.2 Å². The molecule has 0 aliphatic rings. The summed E-state index contributed by atoms with van der Waals surface area (Å²) in [6.07, 6.45) is 1.64. The molecule has 0 atom stereocenters. The van der Waals surface area contributed by atoms with Crippen molar-refractivity contribution in [2.45, 2.75) is 31.8 Å². The second kappa shape index (κ2) is 12.9. The summed E-state index contributed by atoms with van der Waals surface area (Å²) < 4.78 is 66.7. The third-order valence-electron chi connectivity index (χ3n) is 4.96. The Morgan fingerprint density at radius 1 is 1.16 bits per heavy atom. The molecular formula is C22H26ClF3N4O6S. The number of carbonyl (C=O) groups is 2. The number of anilines is 1. The van der Waals surface area contributed by atoms with Gasteiger partial charge in [0.15, 0.2) is 0 Å². The number of amides is 2. The molecule has 15 heteroatoms. The summed E-state index contributed by atoms with van der Waals surface area (Å²) in [4.78, 5) is 30.9. The Kier molecular flexibility index (Phi) is 10.5. The highest BCUT2D eigenvalue weighted by Gasteiger charge is 2.45. The molecule has 0 bridgehead atoms. The van der Waals surface area contributed by atoms with E-state index in [1.165, 1.54) is 52.3 Å². The molecule has 0 radical (unpaired) electrons. The number of pyridine rings is 1. The number of rotatable bonds is 12. The van der Waals surface area contributed by atoms with Crippen molar-refractivity contribution in [3.63, 3.8) is 0 Å². The van der Waals surface area contributed by atoms with Crippen molar-refractivity contribution in [1.82, 2.24) is 14.6 Å². The Balaban J connectivity index is 2.04. The number of aromatic nitrogens is 1. The molecule has 2 N–H and O–H groups in total. The molecule has 0 aliphatic carbocycles. The minimum absolute atomic E-state index is 0.0267. The van der Waals surface area contributed by atoms with Crippen LogP contribution in [0.4, 0.5) is 23.7 Å². The van der Waals surface area contributed by atoms with Crippen molar-refractivity contribution >= 4 is 39.3 Å². The number of alkyl halides is 3. The van der Waals surface area contributed by atoms with Gasteiger partial charge in [0.1, 0.15) is 12.4 Å². The molecule has 0 saturated heterocycles. The quantitative estimate of drug-likeness (QED) is 0.372. The maximum Gasteiger partial charge on any atom is 0.511 e. The van der Waals surface area contributed by atoms with Crippen LogP contribution in [0, 0.1) is 0 Å². The molecule has 10 nitrogen and oxygen atoms in total. The summed E-state index contributed by atoms with van der Waals surface area (Å²) in [6.45, 7) is 2.76. The Hall–Kier alpha value is -3.10. The van der Waals surface area contributed by atoms with Crippen LogP contribution in [0.3, 0.4) is 0 Å². The first-order valence-corrected chi connectivity index (χ1v) is 12.8. The van der Waals surface area contributed by atoms with Gasteiger partial charge >= 0.3 is 21.6 Å². The Morgan fingerprint density at radius 2 is 1.81 bits per heavy atom. The van der Waals surface area contributed by atoms with Crippen molar-refractivity contribution in [1.29, 1.82) is 0 Å². The topological polar surface area (TPSA) is 129 Å². The molecule has 37 heavy (non-hydrogen) atoms. The third kappa shape index (κ3) is 8.76. The maximum absolute atomic E-state index is 13.1. The molecule has 204 valence electrons. The van der Waals surface area contributed by atoms with Crippen molar-refractivity contribution in [2.75, 3.05) is 31.1 Å². The third-order valence-corrected chi connectivity index (χ3v) is 6.38. The van der Waals surface area contributed by atoms with Gasteiger partial charge in [-0.2, -0.15) is 13.2 Å². The van der Waals surface area contributed by atoms with Gasteiger partial charge in [-0.1, -0.05) is 11.6 Å². The fraction of sp³-hybridized carbons (Fsp3) is 0.409. The number of carboxylic acid groups (broad SMARTS) is 1. The molecule has 2 amide bonds. The molecule has 0 saturated carbocycles. The van der Waals surface area contributed by atoms with Gasteiger partial charge in [-0.25, -0.2) is 17.9 Å². The number of hydrogen-bond donors (Lipinski definition) is 2. The number of halogens is 4. The lowest BCUT2D eigenvalue weighted by Crippen LogP contribution is -2.41. The van der Waals surface area contributed by atoms with Crippen molar-refractivity contribution in [3.8, 4) is 5.75 Å². The predicted octanol–water partition coefficient (Wildman–Crippen LogP) is 3.98. The van der Waals surface area contributed by atoms with E-state index in [0.717, 1.165) is 4.90 Å². The molecule has 2 aromatic rings. The summed E-state index contributed by atoms with van der Waals surface area (Å²) in [6, 6.07) is 6.94. The monoisotopic (exact) mass is 566 g/mol. The Bertz CT molecular complexity index is 1180. The smallest absolute Gasteiger partial charge is 0.492 e. The molecule has 0 unspecified atom stereocenters. The minimum Gasteiger partial charge on any atom is -0.492 e. The number of sulfonamides is 1. The van der Waals surface area contributed by atoms with E-state index in [1.807, 2.05) is 0 Å². The van der Waals surface area contributed by atoms with Crippen molar-refractivity contribution in [2.24, 2.45) is 0 Å². The van der Waals surface area contributed by atoms with Gasteiger partial charge in [0, 0.05) is 42.1 Å². The van der Waals surface area contributed by atoms with E-state index >= 15 is 0 Å². The highest BCUT2D eigenvalue weighted by molar-refractivity contribution is 7.90. The molecule has 1 aromatic heterocycles. The molecule has 0 aliphatic heterocycles. The number of carbonyl (C=O) groups excluding carboxylic acids is 1. The van der Waals surface area contributed by atoms with Crippen LogP contribution in [0.25, 0.3) is 0 Å². The van der Waals surface area contributed by atoms with E-state index in [-0.39, 0.29) is 48.5 Å². The summed E-state index contributed by atoms with van der Waals surface area (Å²) in [5.74, 6) is -0.289. The second-order valence-corrected chi connectivity index (χ2v) is 10.1. The highest BCUT2D eigenvalue weighted by Crippen LogP contribution is 2.24. The van der Waals surface area contributed by atoms with Crippen molar-refractivity contribution < 1.29 is 41.0 Å². The summed E-state index contributed by atoms with van der Waals surface area (Å²) >= 11 is 6.14. The van der Waals surface area contributed by atoms with E-state index in [4.69, 9.17) is 16.3 Å². The average molecular weight is 567 g/mol. The largest absolute Gasteiger partial charge is 0.511 e. The Morgan fingerprint density at radius 3 is 2.38 bits per heavy atom. The zero-order valence-corrected chi connectivity index (χ0v) is 21.5. The zero-order chi connectivity index (χ0) is 27.8. The average Bonchev–Trinajstić information content (AvgIpc) is 2.80. The van der Waals surface area contributed by atoms with Gasteiger partial charge in [0.05, 0.1) is 12.2 Å².